The molecule has 2 heterocycles. The van der Waals surface area contributed by atoms with Crippen molar-refractivity contribution in [3.8, 4) is 0 Å². The van der Waals surface area contributed by atoms with Crippen LogP contribution in [0.2, 0.25) is 0 Å². The van der Waals surface area contributed by atoms with Gasteiger partial charge in [0.2, 0.25) is 0 Å². The Morgan fingerprint density at radius 2 is 2.50 bits per heavy atom. The van der Waals surface area contributed by atoms with Crippen LogP contribution < -0.4 is 0 Å². The van der Waals surface area contributed by atoms with E-state index in [2.05, 4.69) is 5.10 Å². The largest absolute Gasteiger partial charge is 0.479 e. The van der Waals surface area contributed by atoms with Gasteiger partial charge in [0.05, 0.1) is 6.61 Å². The van der Waals surface area contributed by atoms with Crippen LogP contribution in [0.15, 0.2) is 18.5 Å². The summed E-state index contributed by atoms with van der Waals surface area (Å²) < 4.78 is 6.71. The number of hydrogen-bond donors (Lipinski definition) is 1. The molecule has 5 nitrogen and oxygen atoms in total. The lowest BCUT2D eigenvalue weighted by Gasteiger charge is -2.33. The van der Waals surface area contributed by atoms with Crippen LogP contribution in [0.3, 0.4) is 0 Å². The maximum Gasteiger partial charge on any atom is 0.334 e. The maximum atomic E-state index is 11.2. The second-order valence-electron chi connectivity index (χ2n) is 3.44. The molecule has 1 aliphatic rings. The van der Waals surface area contributed by atoms with E-state index >= 15 is 0 Å². The Kier molecular flexibility index (Phi) is 2.25. The van der Waals surface area contributed by atoms with Crippen molar-refractivity contribution >= 4 is 5.97 Å². The van der Waals surface area contributed by atoms with Crippen molar-refractivity contribution in [1.29, 1.82) is 0 Å². The normalized spacial score (nSPS) is 27.4. The molecule has 1 fully saturated rings. The van der Waals surface area contributed by atoms with E-state index in [4.69, 9.17) is 4.74 Å². The molecule has 2 rings (SSSR count). The van der Waals surface area contributed by atoms with Gasteiger partial charge in [0, 0.05) is 19.0 Å². The van der Waals surface area contributed by atoms with E-state index in [0.717, 1.165) is 6.42 Å². The van der Waals surface area contributed by atoms with Crippen molar-refractivity contribution in [3.63, 3.8) is 0 Å². The van der Waals surface area contributed by atoms with Gasteiger partial charge in [-0.25, -0.2) is 4.79 Å². The predicted octanol–water partition coefficient (Wildman–Crippen LogP) is 0.473. The minimum atomic E-state index is -0.998. The molecule has 0 spiro atoms. The molecule has 0 amide bonds. The highest BCUT2D eigenvalue weighted by Crippen LogP contribution is 2.26. The molecular weight excluding hydrogens is 184 g/mol. The molecule has 1 unspecified atom stereocenters. The van der Waals surface area contributed by atoms with Gasteiger partial charge in [-0.05, 0) is 18.9 Å². The molecule has 1 aromatic heterocycles. The van der Waals surface area contributed by atoms with E-state index in [1.165, 1.54) is 4.68 Å². The quantitative estimate of drug-likeness (QED) is 0.746. The number of hydrogen-bond acceptors (Lipinski definition) is 3. The molecular formula is C9H12N2O3. The van der Waals surface area contributed by atoms with Gasteiger partial charge in [-0.3, -0.25) is 4.68 Å². The number of aromatic nitrogens is 2. The van der Waals surface area contributed by atoms with Crippen LogP contribution in [-0.2, 0) is 15.1 Å². The first kappa shape index (κ1) is 9.21. The Morgan fingerprint density at radius 1 is 1.64 bits per heavy atom. The zero-order chi connectivity index (χ0) is 10.0. The Balaban J connectivity index is 2.35. The van der Waals surface area contributed by atoms with Crippen LogP contribution >= 0.6 is 0 Å². The van der Waals surface area contributed by atoms with Crippen LogP contribution in [0.5, 0.6) is 0 Å². The SMILES string of the molecule is O=C(O)C1(n2cccn2)CCCOC1. The molecule has 1 aliphatic heterocycles. The smallest absolute Gasteiger partial charge is 0.334 e. The number of aliphatic carboxylic acids is 1. The molecule has 1 atom stereocenters. The third-order valence-electron chi connectivity index (χ3n) is 2.56. The lowest BCUT2D eigenvalue weighted by Crippen LogP contribution is -2.48. The first-order valence-corrected chi connectivity index (χ1v) is 4.57. The van der Waals surface area contributed by atoms with Crippen molar-refractivity contribution < 1.29 is 14.6 Å². The van der Waals surface area contributed by atoms with Gasteiger partial charge in [-0.2, -0.15) is 5.10 Å². The fourth-order valence-electron chi connectivity index (χ4n) is 1.75. The molecule has 0 bridgehead atoms. The zero-order valence-electron chi connectivity index (χ0n) is 7.72. The lowest BCUT2D eigenvalue weighted by molar-refractivity contribution is -0.156. The van der Waals surface area contributed by atoms with Gasteiger partial charge in [0.1, 0.15) is 0 Å². The van der Waals surface area contributed by atoms with Gasteiger partial charge in [-0.1, -0.05) is 0 Å². The van der Waals surface area contributed by atoms with Crippen LogP contribution in [0.1, 0.15) is 12.8 Å². The second kappa shape index (κ2) is 3.42. The Labute approximate surface area is 81.3 Å². The Bertz CT molecular complexity index is 315. The first-order valence-electron chi connectivity index (χ1n) is 4.57. The number of carbonyl (C=O) groups is 1. The molecule has 1 saturated heterocycles. The average molecular weight is 196 g/mol. The molecule has 0 saturated carbocycles. The third-order valence-corrected chi connectivity index (χ3v) is 2.56. The minimum absolute atomic E-state index is 0.198. The van der Waals surface area contributed by atoms with Crippen LogP contribution in [-0.4, -0.2) is 34.1 Å². The fourth-order valence-corrected chi connectivity index (χ4v) is 1.75. The van der Waals surface area contributed by atoms with E-state index < -0.39 is 11.5 Å². The zero-order valence-corrected chi connectivity index (χ0v) is 7.72. The summed E-state index contributed by atoms with van der Waals surface area (Å²) in [4.78, 5) is 11.2. The van der Waals surface area contributed by atoms with Gasteiger partial charge in [0.15, 0.2) is 5.54 Å². The van der Waals surface area contributed by atoms with Crippen molar-refractivity contribution in [2.45, 2.75) is 18.4 Å². The number of ether oxygens (including phenoxy) is 1. The van der Waals surface area contributed by atoms with Gasteiger partial charge < -0.3 is 9.84 Å². The summed E-state index contributed by atoms with van der Waals surface area (Å²) in [5.41, 5.74) is -0.998. The molecule has 14 heavy (non-hydrogen) atoms. The van der Waals surface area contributed by atoms with Crippen molar-refractivity contribution in [2.75, 3.05) is 13.2 Å². The van der Waals surface area contributed by atoms with Crippen LogP contribution in [0.25, 0.3) is 0 Å². The lowest BCUT2D eigenvalue weighted by atomic mass is 9.93. The van der Waals surface area contributed by atoms with Crippen LogP contribution in [0, 0.1) is 0 Å². The van der Waals surface area contributed by atoms with Crippen LogP contribution in [0.4, 0.5) is 0 Å². The van der Waals surface area contributed by atoms with Crippen molar-refractivity contribution in [2.24, 2.45) is 0 Å². The summed E-state index contributed by atoms with van der Waals surface area (Å²) in [6.07, 6.45) is 4.58. The monoisotopic (exact) mass is 196 g/mol. The van der Waals surface area contributed by atoms with E-state index in [-0.39, 0.29) is 6.61 Å². The number of nitrogens with zero attached hydrogens (tertiary/aromatic N) is 2. The standard InChI is InChI=1S/C9H12N2O3/c12-8(13)9(3-1-6-14-7-9)11-5-2-4-10-11/h2,4-5H,1,3,6-7H2,(H,12,13). The summed E-state index contributed by atoms with van der Waals surface area (Å²) in [5, 5.41) is 13.2. The van der Waals surface area contributed by atoms with Gasteiger partial charge >= 0.3 is 5.97 Å². The summed E-state index contributed by atoms with van der Waals surface area (Å²) in [6.45, 7) is 0.834. The fraction of sp³-hybridized carbons (Fsp3) is 0.556. The molecule has 5 heteroatoms. The van der Waals surface area contributed by atoms with Crippen molar-refractivity contribution in [3.05, 3.63) is 18.5 Å². The molecule has 76 valence electrons. The molecule has 0 radical (unpaired) electrons. The number of carboxylic acid groups (broad SMARTS) is 1. The van der Waals surface area contributed by atoms with E-state index in [0.29, 0.717) is 13.0 Å². The summed E-state index contributed by atoms with van der Waals surface area (Å²) >= 11 is 0. The van der Waals surface area contributed by atoms with Gasteiger partial charge in [-0.15, -0.1) is 0 Å². The van der Waals surface area contributed by atoms with E-state index in [1.807, 2.05) is 0 Å². The topological polar surface area (TPSA) is 64.3 Å². The average Bonchev–Trinajstić information content (AvgIpc) is 2.72. The molecule has 0 aromatic carbocycles. The Morgan fingerprint density at radius 3 is 3.00 bits per heavy atom. The molecule has 0 aliphatic carbocycles. The third kappa shape index (κ3) is 1.29. The summed E-state index contributed by atoms with van der Waals surface area (Å²) in [5.74, 6) is -0.874. The summed E-state index contributed by atoms with van der Waals surface area (Å²) in [7, 11) is 0. The minimum Gasteiger partial charge on any atom is -0.479 e. The highest BCUT2D eigenvalue weighted by atomic mass is 16.5. The first-order chi connectivity index (χ1) is 6.76. The number of rotatable bonds is 2. The molecule has 1 aromatic rings. The predicted molar refractivity (Wildman–Crippen MR) is 47.9 cm³/mol. The number of carboxylic acids is 1. The highest BCUT2D eigenvalue weighted by molar-refractivity contribution is 5.76. The van der Waals surface area contributed by atoms with E-state index in [9.17, 15) is 9.90 Å². The Hall–Kier alpha value is -1.36. The van der Waals surface area contributed by atoms with Gasteiger partial charge in [0.25, 0.3) is 0 Å². The summed E-state index contributed by atoms with van der Waals surface area (Å²) in [6, 6.07) is 1.72. The second-order valence-corrected chi connectivity index (χ2v) is 3.44. The van der Waals surface area contributed by atoms with E-state index in [1.54, 1.807) is 18.5 Å². The molecule has 1 N–H and O–H groups in total. The van der Waals surface area contributed by atoms with Crippen molar-refractivity contribution in [1.82, 2.24) is 9.78 Å². The maximum absolute atomic E-state index is 11.2. The highest BCUT2D eigenvalue weighted by Gasteiger charge is 2.43.